The molecule has 0 radical (unpaired) electrons. The monoisotopic (exact) mass is 366 g/mol. The van der Waals surface area contributed by atoms with Crippen LogP contribution in [0, 0.1) is 0 Å². The minimum Gasteiger partial charge on any atom is -0.342 e. The number of carbonyl (C=O) groups is 3. The summed E-state index contributed by atoms with van der Waals surface area (Å²) in [6, 6.07) is 12.2. The van der Waals surface area contributed by atoms with Gasteiger partial charge in [0.15, 0.2) is 0 Å². The third-order valence-electron chi connectivity index (χ3n) is 4.58. The second-order valence-electron chi connectivity index (χ2n) is 6.42. The first kappa shape index (κ1) is 18.6. The van der Waals surface area contributed by atoms with Gasteiger partial charge in [-0.05, 0) is 17.7 Å². The van der Waals surface area contributed by atoms with E-state index >= 15 is 0 Å². The normalized spacial score (nSPS) is 15.1. The fourth-order valence-electron chi connectivity index (χ4n) is 3.06. The Morgan fingerprint density at radius 1 is 1.07 bits per heavy atom. The van der Waals surface area contributed by atoms with Crippen LogP contribution >= 0.6 is 0 Å². The number of piperazine rings is 1. The van der Waals surface area contributed by atoms with Crippen molar-refractivity contribution in [2.45, 2.75) is 12.5 Å². The Morgan fingerprint density at radius 2 is 1.81 bits per heavy atom. The molecule has 1 aromatic carbocycles. The van der Waals surface area contributed by atoms with Gasteiger partial charge in [-0.15, -0.1) is 0 Å². The molecule has 2 heterocycles. The lowest BCUT2D eigenvalue weighted by Crippen LogP contribution is -2.55. The number of carbonyl (C=O) groups excluding carboxylic acids is 3. The average Bonchev–Trinajstić information content (AvgIpc) is 2.74. The first-order chi connectivity index (χ1) is 13.2. The van der Waals surface area contributed by atoms with E-state index < -0.39 is 6.04 Å². The van der Waals surface area contributed by atoms with E-state index in [1.165, 1.54) is 6.20 Å². The fourth-order valence-corrected chi connectivity index (χ4v) is 3.06. The quantitative estimate of drug-likeness (QED) is 0.764. The van der Waals surface area contributed by atoms with Crippen molar-refractivity contribution >= 4 is 18.2 Å². The summed E-state index contributed by atoms with van der Waals surface area (Å²) >= 11 is 0. The van der Waals surface area contributed by atoms with Crippen molar-refractivity contribution in [2.24, 2.45) is 0 Å². The van der Waals surface area contributed by atoms with Crippen LogP contribution in [0.15, 0.2) is 54.9 Å². The molecule has 0 bridgehead atoms. The van der Waals surface area contributed by atoms with Gasteiger partial charge in [-0.3, -0.25) is 19.4 Å². The van der Waals surface area contributed by atoms with Crippen molar-refractivity contribution in [1.82, 2.24) is 20.1 Å². The molecule has 3 amide bonds. The van der Waals surface area contributed by atoms with Gasteiger partial charge >= 0.3 is 0 Å². The van der Waals surface area contributed by atoms with Gasteiger partial charge in [0.1, 0.15) is 6.04 Å². The van der Waals surface area contributed by atoms with Gasteiger partial charge in [0.05, 0.1) is 5.56 Å². The molecular weight excluding hydrogens is 344 g/mol. The number of amides is 3. The molecule has 1 N–H and O–H groups in total. The highest BCUT2D eigenvalue weighted by molar-refractivity contribution is 5.97. The summed E-state index contributed by atoms with van der Waals surface area (Å²) in [5, 5.41) is 2.85. The SMILES string of the molecule is O=CN1CCN(C(=O)[C@H](Cc2ccccc2)NC(=O)c2cccnc2)CC1. The van der Waals surface area contributed by atoms with E-state index in [-0.39, 0.29) is 11.8 Å². The van der Waals surface area contributed by atoms with Gasteiger partial charge < -0.3 is 15.1 Å². The zero-order valence-corrected chi connectivity index (χ0v) is 15.0. The van der Waals surface area contributed by atoms with Gasteiger partial charge in [-0.2, -0.15) is 0 Å². The molecule has 0 aliphatic carbocycles. The molecule has 1 saturated heterocycles. The molecule has 27 heavy (non-hydrogen) atoms. The molecule has 1 aliphatic heterocycles. The molecule has 1 fully saturated rings. The van der Waals surface area contributed by atoms with Gasteiger partial charge in [0.2, 0.25) is 12.3 Å². The molecule has 1 aromatic heterocycles. The van der Waals surface area contributed by atoms with Crippen molar-refractivity contribution < 1.29 is 14.4 Å². The maximum absolute atomic E-state index is 13.1. The van der Waals surface area contributed by atoms with Crippen molar-refractivity contribution in [1.29, 1.82) is 0 Å². The second kappa shape index (κ2) is 8.93. The van der Waals surface area contributed by atoms with Crippen molar-refractivity contribution in [3.63, 3.8) is 0 Å². The van der Waals surface area contributed by atoms with E-state index in [4.69, 9.17) is 0 Å². The molecule has 7 nitrogen and oxygen atoms in total. The number of rotatable bonds is 6. The van der Waals surface area contributed by atoms with Crippen LogP contribution in [0.3, 0.4) is 0 Å². The molecule has 3 rings (SSSR count). The Kier molecular flexibility index (Phi) is 6.14. The molecular formula is C20H22N4O3. The molecule has 2 aromatic rings. The van der Waals surface area contributed by atoms with Crippen LogP contribution in [0.25, 0.3) is 0 Å². The molecule has 140 valence electrons. The lowest BCUT2D eigenvalue weighted by Gasteiger charge is -2.35. The van der Waals surface area contributed by atoms with Crippen LogP contribution in [0.1, 0.15) is 15.9 Å². The molecule has 1 atom stereocenters. The summed E-state index contributed by atoms with van der Waals surface area (Å²) < 4.78 is 0. The second-order valence-corrected chi connectivity index (χ2v) is 6.42. The average molecular weight is 366 g/mol. The summed E-state index contributed by atoms with van der Waals surface area (Å²) in [6.45, 7) is 1.94. The summed E-state index contributed by atoms with van der Waals surface area (Å²) in [7, 11) is 0. The maximum atomic E-state index is 13.1. The predicted octanol–water partition coefficient (Wildman–Crippen LogP) is 0.723. The summed E-state index contributed by atoms with van der Waals surface area (Å²) in [5.41, 5.74) is 1.38. The number of aromatic nitrogens is 1. The fraction of sp³-hybridized carbons (Fsp3) is 0.300. The summed E-state index contributed by atoms with van der Waals surface area (Å²) in [4.78, 5) is 43.8. The van der Waals surface area contributed by atoms with E-state index in [2.05, 4.69) is 10.3 Å². The first-order valence-electron chi connectivity index (χ1n) is 8.90. The van der Waals surface area contributed by atoms with Gasteiger partial charge in [0, 0.05) is 45.0 Å². The van der Waals surface area contributed by atoms with Crippen molar-refractivity contribution in [3.8, 4) is 0 Å². The minimum atomic E-state index is -0.678. The number of hydrogen-bond donors (Lipinski definition) is 1. The van der Waals surface area contributed by atoms with E-state index in [0.29, 0.717) is 38.2 Å². The van der Waals surface area contributed by atoms with Crippen LogP contribution in [-0.2, 0) is 16.0 Å². The van der Waals surface area contributed by atoms with Crippen LogP contribution in [0.2, 0.25) is 0 Å². The Labute approximate surface area is 158 Å². The van der Waals surface area contributed by atoms with Gasteiger partial charge in [-0.25, -0.2) is 0 Å². The van der Waals surface area contributed by atoms with E-state index in [1.807, 2.05) is 30.3 Å². The first-order valence-corrected chi connectivity index (χ1v) is 8.90. The van der Waals surface area contributed by atoms with Crippen LogP contribution in [-0.4, -0.2) is 65.2 Å². The highest BCUT2D eigenvalue weighted by atomic mass is 16.2. The highest BCUT2D eigenvalue weighted by Crippen LogP contribution is 2.10. The summed E-state index contributed by atoms with van der Waals surface area (Å²) in [5.74, 6) is -0.467. The predicted molar refractivity (Wildman–Crippen MR) is 99.9 cm³/mol. The van der Waals surface area contributed by atoms with E-state index in [0.717, 1.165) is 12.0 Å². The number of benzene rings is 1. The minimum absolute atomic E-state index is 0.137. The summed E-state index contributed by atoms with van der Waals surface area (Å²) in [6.07, 6.45) is 4.27. The van der Waals surface area contributed by atoms with Crippen LogP contribution in [0.5, 0.6) is 0 Å². The van der Waals surface area contributed by atoms with Crippen LogP contribution < -0.4 is 5.32 Å². The number of nitrogens with zero attached hydrogens (tertiary/aromatic N) is 3. The van der Waals surface area contributed by atoms with E-state index in [1.54, 1.807) is 28.1 Å². The molecule has 0 saturated carbocycles. The Balaban J connectivity index is 1.74. The topological polar surface area (TPSA) is 82.6 Å². The molecule has 0 unspecified atom stereocenters. The number of nitrogens with one attached hydrogen (secondary N) is 1. The number of hydrogen-bond acceptors (Lipinski definition) is 4. The standard InChI is InChI=1S/C20H22N4O3/c25-15-23-9-11-24(12-10-23)20(27)18(13-16-5-2-1-3-6-16)22-19(26)17-7-4-8-21-14-17/h1-8,14-15,18H,9-13H2,(H,22,26)/t18-/m0/s1. The third-order valence-corrected chi connectivity index (χ3v) is 4.58. The Morgan fingerprint density at radius 3 is 2.44 bits per heavy atom. The lowest BCUT2D eigenvalue weighted by molar-refractivity contribution is -0.136. The van der Waals surface area contributed by atoms with E-state index in [9.17, 15) is 14.4 Å². The zero-order chi connectivity index (χ0) is 19.1. The smallest absolute Gasteiger partial charge is 0.253 e. The Bertz CT molecular complexity index is 774. The van der Waals surface area contributed by atoms with Crippen molar-refractivity contribution in [3.05, 3.63) is 66.0 Å². The maximum Gasteiger partial charge on any atom is 0.253 e. The van der Waals surface area contributed by atoms with Gasteiger partial charge in [-0.1, -0.05) is 30.3 Å². The molecule has 7 heteroatoms. The zero-order valence-electron chi connectivity index (χ0n) is 15.0. The van der Waals surface area contributed by atoms with Crippen LogP contribution in [0.4, 0.5) is 0 Å². The molecule has 1 aliphatic rings. The molecule has 0 spiro atoms. The van der Waals surface area contributed by atoms with Crippen molar-refractivity contribution in [2.75, 3.05) is 26.2 Å². The number of pyridine rings is 1. The largest absolute Gasteiger partial charge is 0.342 e. The highest BCUT2D eigenvalue weighted by Gasteiger charge is 2.28. The van der Waals surface area contributed by atoms with Gasteiger partial charge in [0.25, 0.3) is 5.91 Å². The Hall–Kier alpha value is -3.22. The lowest BCUT2D eigenvalue weighted by atomic mass is 10.0. The third kappa shape index (κ3) is 4.91.